The molecule has 2 amide bonds. The molecular weight excluding hydrogens is 546 g/mol. The zero-order chi connectivity index (χ0) is 28.9. The fourth-order valence-electron chi connectivity index (χ4n) is 6.85. The molecule has 0 aliphatic carbocycles. The molecule has 0 saturated carbocycles. The average Bonchev–Trinajstić information content (AvgIpc) is 3.85. The van der Waals surface area contributed by atoms with E-state index in [4.69, 9.17) is 24.4 Å². The van der Waals surface area contributed by atoms with Crippen LogP contribution in [0.15, 0.2) is 48.5 Å². The second-order valence-corrected chi connectivity index (χ2v) is 12.2. The van der Waals surface area contributed by atoms with Crippen LogP contribution in [0.5, 0.6) is 0 Å². The quantitative estimate of drug-likeness (QED) is 0.450. The lowest BCUT2D eigenvalue weighted by Crippen LogP contribution is -2.44. The zero-order valence-electron chi connectivity index (χ0n) is 24.4. The minimum atomic E-state index is -0.289. The number of nitrogens with zero attached hydrogens (tertiary/aromatic N) is 7. The van der Waals surface area contributed by atoms with Crippen LogP contribution in [0.1, 0.15) is 12.8 Å². The van der Waals surface area contributed by atoms with Crippen molar-refractivity contribution in [3.05, 3.63) is 48.5 Å². The van der Waals surface area contributed by atoms with Gasteiger partial charge in [0.2, 0.25) is 11.9 Å². The molecule has 12 heteroatoms. The number of morpholine rings is 2. The van der Waals surface area contributed by atoms with Gasteiger partial charge in [-0.3, -0.25) is 0 Å². The number of hydrogen-bond donors (Lipinski definition) is 2. The molecule has 0 spiro atoms. The number of anilines is 5. The van der Waals surface area contributed by atoms with Gasteiger partial charge in [-0.15, -0.1) is 0 Å². The molecule has 8 rings (SSSR count). The molecule has 5 fully saturated rings. The fourth-order valence-corrected chi connectivity index (χ4v) is 6.85. The summed E-state index contributed by atoms with van der Waals surface area (Å²) in [6, 6.07) is 16.0. The number of carbonyl (C=O) groups excluding carboxylic acids is 1. The third-order valence-corrected chi connectivity index (χ3v) is 9.32. The largest absolute Gasteiger partial charge is 0.374 e. The Morgan fingerprint density at radius 3 is 1.77 bits per heavy atom. The van der Waals surface area contributed by atoms with Gasteiger partial charge in [0, 0.05) is 61.9 Å². The van der Waals surface area contributed by atoms with E-state index in [0.29, 0.717) is 48.7 Å². The lowest BCUT2D eigenvalue weighted by atomic mass is 10.2. The summed E-state index contributed by atoms with van der Waals surface area (Å²) < 4.78 is 11.6. The topological polar surface area (TPSA) is 111 Å². The fraction of sp³-hybridized carbons (Fsp3) is 0.484. The molecule has 4 atom stereocenters. The molecule has 5 aliphatic rings. The van der Waals surface area contributed by atoms with Crippen LogP contribution < -0.4 is 25.3 Å². The van der Waals surface area contributed by atoms with E-state index >= 15 is 0 Å². The molecule has 5 aliphatic heterocycles. The van der Waals surface area contributed by atoms with Crippen molar-refractivity contribution in [1.82, 2.24) is 19.9 Å². The summed E-state index contributed by atoms with van der Waals surface area (Å²) >= 11 is 0. The van der Waals surface area contributed by atoms with Gasteiger partial charge >= 0.3 is 6.03 Å². The van der Waals surface area contributed by atoms with E-state index in [0.717, 1.165) is 63.4 Å². The summed E-state index contributed by atoms with van der Waals surface area (Å²) in [6.45, 7) is 7.17. The van der Waals surface area contributed by atoms with Gasteiger partial charge in [0.05, 0.1) is 37.5 Å². The van der Waals surface area contributed by atoms with Gasteiger partial charge in [-0.1, -0.05) is 0 Å². The Hall–Kier alpha value is -4.00. The maximum Gasteiger partial charge on any atom is 0.323 e. The number of piperazine rings is 1. The number of aromatic nitrogens is 3. The van der Waals surface area contributed by atoms with Crippen molar-refractivity contribution < 1.29 is 14.3 Å². The maximum atomic E-state index is 12.8. The molecule has 3 unspecified atom stereocenters. The number of rotatable bonds is 6. The van der Waals surface area contributed by atoms with Gasteiger partial charge in [-0.25, -0.2) is 4.79 Å². The lowest BCUT2D eigenvalue weighted by molar-refractivity contribution is 0.0980. The smallest absolute Gasteiger partial charge is 0.323 e. The number of carbonyl (C=O) groups is 1. The number of fused-ring (bicyclic) bond motifs is 4. The van der Waals surface area contributed by atoms with Crippen LogP contribution in [0.3, 0.4) is 0 Å². The average molecular weight is 584 g/mol. The predicted octanol–water partition coefficient (Wildman–Crippen LogP) is 2.89. The number of ether oxygens (including phenoxy) is 2. The first kappa shape index (κ1) is 26.6. The number of benzene rings is 2. The van der Waals surface area contributed by atoms with E-state index in [-0.39, 0.29) is 18.2 Å². The Labute approximate surface area is 251 Å². The summed E-state index contributed by atoms with van der Waals surface area (Å²) in [5, 5.41) is 5.87. The van der Waals surface area contributed by atoms with Crippen LogP contribution in [0.25, 0.3) is 11.4 Å². The highest BCUT2D eigenvalue weighted by Crippen LogP contribution is 2.35. The number of nitrogens with one attached hydrogen (secondary N) is 2. The van der Waals surface area contributed by atoms with Crippen molar-refractivity contribution in [2.75, 3.05) is 84.9 Å². The highest BCUT2D eigenvalue weighted by molar-refractivity contribution is 5.99. The molecule has 43 heavy (non-hydrogen) atoms. The van der Waals surface area contributed by atoms with Crippen LogP contribution in [0.2, 0.25) is 0 Å². The third kappa shape index (κ3) is 5.34. The molecule has 5 saturated heterocycles. The van der Waals surface area contributed by atoms with E-state index < -0.39 is 0 Å². The van der Waals surface area contributed by atoms with Gasteiger partial charge in [-0.05, 0) is 68.4 Å². The summed E-state index contributed by atoms with van der Waals surface area (Å²) in [7, 11) is 2.15. The third-order valence-electron chi connectivity index (χ3n) is 9.32. The van der Waals surface area contributed by atoms with Crippen LogP contribution in [-0.4, -0.2) is 110 Å². The van der Waals surface area contributed by atoms with Crippen LogP contribution in [0, 0.1) is 0 Å². The highest BCUT2D eigenvalue weighted by atomic mass is 16.5. The second-order valence-electron chi connectivity index (χ2n) is 12.2. The first-order valence-corrected chi connectivity index (χ1v) is 15.3. The Kier molecular flexibility index (Phi) is 6.76. The Morgan fingerprint density at radius 1 is 0.744 bits per heavy atom. The molecule has 12 nitrogen and oxygen atoms in total. The Bertz CT molecular complexity index is 1430. The minimum absolute atomic E-state index is 0.247. The molecule has 1 aromatic heterocycles. The SMILES string of the molecule is CN1CCN(c2ccc(NC(=O)Nc3ccc(-c4nc(N5CC6CC5CO6)nc(N5C[C@@H]6CC5CO6)n4)cc3)cc2)CC1. The zero-order valence-corrected chi connectivity index (χ0v) is 24.4. The van der Waals surface area contributed by atoms with Gasteiger partial charge in [0.25, 0.3) is 0 Å². The minimum Gasteiger partial charge on any atom is -0.374 e. The Morgan fingerprint density at radius 2 is 1.28 bits per heavy atom. The van der Waals surface area contributed by atoms with Crippen molar-refractivity contribution >= 4 is 35.0 Å². The maximum absolute atomic E-state index is 12.8. The Balaban J connectivity index is 0.958. The van der Waals surface area contributed by atoms with E-state index in [1.165, 1.54) is 5.69 Å². The standard InChI is InChI=1S/C31H37N9O3/c1-37-10-12-38(13-11-37)23-8-6-22(7-9-23)33-31(41)32-21-4-2-20(3-5-21)28-34-29(39-16-26-14-24(39)18-42-26)36-30(35-28)40-17-27-15-25(40)19-43-27/h2-9,24-27H,10-19H2,1H3,(H2,32,33,41)/t24?,25?,26-,27?/m0/s1. The summed E-state index contributed by atoms with van der Waals surface area (Å²) in [5.74, 6) is 2.04. The number of urea groups is 1. The normalized spacial score (nSPS) is 26.4. The molecule has 4 bridgehead atoms. The van der Waals surface area contributed by atoms with Crippen LogP contribution in [0.4, 0.5) is 33.8 Å². The molecule has 3 aromatic rings. The van der Waals surface area contributed by atoms with E-state index in [1.54, 1.807) is 0 Å². The second kappa shape index (κ2) is 10.9. The van der Waals surface area contributed by atoms with Crippen molar-refractivity contribution in [2.45, 2.75) is 37.1 Å². The van der Waals surface area contributed by atoms with E-state index in [9.17, 15) is 4.79 Å². The first-order chi connectivity index (χ1) is 21.0. The van der Waals surface area contributed by atoms with E-state index in [2.05, 4.69) is 49.4 Å². The number of likely N-dealkylation sites (N-methyl/N-ethyl adjacent to an activating group) is 1. The predicted molar refractivity (Wildman–Crippen MR) is 165 cm³/mol. The van der Waals surface area contributed by atoms with E-state index in [1.807, 2.05) is 36.4 Å². The first-order valence-electron chi connectivity index (χ1n) is 15.3. The molecule has 0 radical (unpaired) electrons. The van der Waals surface area contributed by atoms with Gasteiger partial charge < -0.3 is 39.7 Å². The summed E-state index contributed by atoms with van der Waals surface area (Å²) in [6.07, 6.45) is 2.52. The monoisotopic (exact) mass is 583 g/mol. The van der Waals surface area contributed by atoms with Crippen LogP contribution >= 0.6 is 0 Å². The van der Waals surface area contributed by atoms with Gasteiger partial charge in [0.15, 0.2) is 5.82 Å². The molecule has 224 valence electrons. The molecule has 2 N–H and O–H groups in total. The highest BCUT2D eigenvalue weighted by Gasteiger charge is 2.43. The summed E-state index contributed by atoms with van der Waals surface area (Å²) in [5.41, 5.74) is 3.49. The van der Waals surface area contributed by atoms with Crippen molar-refractivity contribution in [3.8, 4) is 11.4 Å². The number of amides is 2. The molecule has 2 aromatic carbocycles. The number of hydrogen-bond acceptors (Lipinski definition) is 10. The van der Waals surface area contributed by atoms with Crippen molar-refractivity contribution in [3.63, 3.8) is 0 Å². The van der Waals surface area contributed by atoms with Crippen LogP contribution in [-0.2, 0) is 9.47 Å². The lowest BCUT2D eigenvalue weighted by Gasteiger charge is -2.34. The van der Waals surface area contributed by atoms with Crippen molar-refractivity contribution in [1.29, 1.82) is 0 Å². The van der Waals surface area contributed by atoms with Gasteiger partial charge in [0.1, 0.15) is 0 Å². The van der Waals surface area contributed by atoms with Crippen molar-refractivity contribution in [2.24, 2.45) is 0 Å². The summed E-state index contributed by atoms with van der Waals surface area (Å²) in [4.78, 5) is 36.8. The molecule has 6 heterocycles. The molecular formula is C31H37N9O3. The van der Waals surface area contributed by atoms with Gasteiger partial charge in [-0.2, -0.15) is 15.0 Å².